The summed E-state index contributed by atoms with van der Waals surface area (Å²) >= 11 is 0. The molecule has 0 amide bonds. The molecule has 2 aliphatic rings. The van der Waals surface area contributed by atoms with E-state index in [9.17, 15) is 13.9 Å². The van der Waals surface area contributed by atoms with Gasteiger partial charge in [0.25, 0.3) is 0 Å². The largest absolute Gasteiger partial charge is 0.493 e. The third-order valence-electron chi connectivity index (χ3n) is 9.81. The highest BCUT2D eigenvalue weighted by atomic mass is 28.4. The van der Waals surface area contributed by atoms with E-state index in [-0.39, 0.29) is 53.2 Å². The molecule has 6 nitrogen and oxygen atoms in total. The third-order valence-corrected chi connectivity index (χ3v) is 14.3. The minimum absolute atomic E-state index is 0.0278. The maximum absolute atomic E-state index is 13.1. The monoisotopic (exact) mass is 668 g/mol. The molecule has 0 aromatic heterocycles. The minimum atomic E-state index is -1.80. The molecule has 9 heteroatoms. The summed E-state index contributed by atoms with van der Waals surface area (Å²) in [4.78, 5) is 0. The fraction of sp³-hybridized carbons (Fsp3) is 0.474. The van der Waals surface area contributed by atoms with Crippen LogP contribution in [0.3, 0.4) is 0 Å². The molecule has 5 atom stereocenters. The van der Waals surface area contributed by atoms with Crippen molar-refractivity contribution in [1.82, 2.24) is 0 Å². The average Bonchev–Trinajstić information content (AvgIpc) is 3.62. The molecule has 256 valence electrons. The molecule has 1 N–H and O–H groups in total. The summed E-state index contributed by atoms with van der Waals surface area (Å²) in [6.45, 7) is 17.1. The van der Waals surface area contributed by atoms with E-state index >= 15 is 0 Å². The fourth-order valence-electron chi connectivity index (χ4n) is 5.82. The van der Waals surface area contributed by atoms with Gasteiger partial charge in [-0.25, -0.2) is 8.78 Å². The zero-order valence-corrected chi connectivity index (χ0v) is 29.7. The Balaban J connectivity index is 0.000000215. The molecular weight excluding hydrogens is 618 g/mol. The predicted molar refractivity (Wildman–Crippen MR) is 183 cm³/mol. The lowest BCUT2D eigenvalue weighted by atomic mass is 9.84. The molecule has 0 aliphatic carbocycles. The van der Waals surface area contributed by atoms with Gasteiger partial charge < -0.3 is 28.5 Å². The summed E-state index contributed by atoms with van der Waals surface area (Å²) in [5.41, 5.74) is 4.05. The smallest absolute Gasteiger partial charge is 0.192 e. The Morgan fingerprint density at radius 3 is 1.96 bits per heavy atom. The molecule has 2 saturated heterocycles. The standard InChI is InChI=1S/C20H23FO4.C18H27FO2Si/c1-23-18-8-3-13(10-19(18)24-2)9-15-12-25-20(17(15)11-22)14-4-6-16(21)7-5-14;1-13-11-20-17(14-7-9-15(19)10-8-14)16(13)12-21-22(5,6)18(2,3)4/h3-8,10,15,17,20,22H,9,11-12H2,1-2H3;7-10,16-17H,1,11-12H2,2-6H3/t15-,17-,20+;16-,17+/m00/s1. The number of rotatable bonds is 10. The summed E-state index contributed by atoms with van der Waals surface area (Å²) in [7, 11) is 1.42. The van der Waals surface area contributed by atoms with Crippen LogP contribution in [0.2, 0.25) is 18.1 Å². The van der Waals surface area contributed by atoms with Crippen LogP contribution in [-0.4, -0.2) is 54.1 Å². The van der Waals surface area contributed by atoms with E-state index in [2.05, 4.69) is 40.4 Å². The molecule has 47 heavy (non-hydrogen) atoms. The second kappa shape index (κ2) is 15.9. The van der Waals surface area contributed by atoms with Gasteiger partial charge in [0, 0.05) is 25.0 Å². The van der Waals surface area contributed by atoms with Crippen molar-refractivity contribution in [2.75, 3.05) is 40.6 Å². The van der Waals surface area contributed by atoms with E-state index in [0.717, 1.165) is 28.7 Å². The highest BCUT2D eigenvalue weighted by Gasteiger charge is 2.40. The van der Waals surface area contributed by atoms with Crippen LogP contribution in [0.15, 0.2) is 78.9 Å². The number of hydrogen-bond donors (Lipinski definition) is 1. The lowest BCUT2D eigenvalue weighted by Gasteiger charge is -2.37. The number of halogens is 2. The maximum Gasteiger partial charge on any atom is 0.192 e. The number of ether oxygens (including phenoxy) is 4. The SMILES string of the molecule is C=C1CO[C@H](c2ccc(F)cc2)[C@H]1CO[Si](C)(C)C(C)(C)C.COc1ccc(C[C@H]2CO[C@H](c3ccc(F)cc3)[C@H]2CO)cc1OC. The molecule has 2 aliphatic heterocycles. The maximum atomic E-state index is 13.1. The molecule has 3 aromatic rings. The Morgan fingerprint density at radius 2 is 1.43 bits per heavy atom. The van der Waals surface area contributed by atoms with Gasteiger partial charge in [0.15, 0.2) is 19.8 Å². The van der Waals surface area contributed by atoms with Crippen molar-refractivity contribution in [1.29, 1.82) is 0 Å². The van der Waals surface area contributed by atoms with Gasteiger partial charge >= 0.3 is 0 Å². The van der Waals surface area contributed by atoms with Crippen LogP contribution < -0.4 is 9.47 Å². The summed E-state index contributed by atoms with van der Waals surface area (Å²) in [6, 6.07) is 18.7. The lowest BCUT2D eigenvalue weighted by molar-refractivity contribution is 0.0718. The van der Waals surface area contributed by atoms with E-state index in [1.165, 1.54) is 24.3 Å². The molecule has 0 unspecified atom stereocenters. The first-order chi connectivity index (χ1) is 22.3. The average molecular weight is 669 g/mol. The first kappa shape index (κ1) is 36.7. The first-order valence-electron chi connectivity index (χ1n) is 16.2. The van der Waals surface area contributed by atoms with E-state index in [4.69, 9.17) is 23.4 Å². The van der Waals surface area contributed by atoms with Crippen molar-refractivity contribution in [3.8, 4) is 11.5 Å². The van der Waals surface area contributed by atoms with Crippen molar-refractivity contribution in [2.45, 2.75) is 57.5 Å². The van der Waals surface area contributed by atoms with Gasteiger partial charge in [-0.1, -0.05) is 57.7 Å². The Labute approximate surface area is 279 Å². The summed E-state index contributed by atoms with van der Waals surface area (Å²) in [6.07, 6.45) is 0.470. The van der Waals surface area contributed by atoms with Gasteiger partial charge in [0.1, 0.15) is 11.6 Å². The highest BCUT2D eigenvalue weighted by Crippen LogP contribution is 2.42. The number of benzene rings is 3. The number of methoxy groups -OCH3 is 2. The van der Waals surface area contributed by atoms with Gasteiger partial charge in [-0.2, -0.15) is 0 Å². The molecular formula is C38H50F2O6Si. The van der Waals surface area contributed by atoms with Crippen molar-refractivity contribution in [3.05, 3.63) is 107 Å². The molecule has 2 fully saturated rings. The molecule has 5 rings (SSSR count). The molecule has 0 saturated carbocycles. The lowest BCUT2D eigenvalue weighted by Crippen LogP contribution is -2.42. The molecule has 3 aromatic carbocycles. The van der Waals surface area contributed by atoms with Crippen molar-refractivity contribution < 1.29 is 37.3 Å². The van der Waals surface area contributed by atoms with E-state index < -0.39 is 8.32 Å². The minimum Gasteiger partial charge on any atom is -0.493 e. The van der Waals surface area contributed by atoms with Crippen LogP contribution in [0.1, 0.15) is 49.7 Å². The van der Waals surface area contributed by atoms with Crippen molar-refractivity contribution >= 4 is 8.32 Å². The summed E-state index contributed by atoms with van der Waals surface area (Å²) < 4.78 is 55.0. The second-order valence-corrected chi connectivity index (χ2v) is 18.7. The normalized spacial score (nSPS) is 22.9. The molecule has 0 bridgehead atoms. The van der Waals surface area contributed by atoms with Crippen molar-refractivity contribution in [2.24, 2.45) is 17.8 Å². The second-order valence-electron chi connectivity index (χ2n) is 13.9. The number of hydrogen-bond acceptors (Lipinski definition) is 6. The summed E-state index contributed by atoms with van der Waals surface area (Å²) in [5.74, 6) is 1.17. The predicted octanol–water partition coefficient (Wildman–Crippen LogP) is 8.47. The van der Waals surface area contributed by atoms with E-state index in [1.54, 1.807) is 38.5 Å². The van der Waals surface area contributed by atoms with Crippen LogP contribution in [0.4, 0.5) is 8.78 Å². The van der Waals surface area contributed by atoms with Gasteiger partial charge in [-0.3, -0.25) is 0 Å². The van der Waals surface area contributed by atoms with Crippen LogP contribution in [0.25, 0.3) is 0 Å². The van der Waals surface area contributed by atoms with E-state index in [0.29, 0.717) is 31.3 Å². The third kappa shape index (κ3) is 9.09. The molecule has 2 heterocycles. The van der Waals surface area contributed by atoms with Crippen molar-refractivity contribution in [3.63, 3.8) is 0 Å². The van der Waals surface area contributed by atoms with Crippen LogP contribution >= 0.6 is 0 Å². The zero-order valence-electron chi connectivity index (χ0n) is 28.7. The van der Waals surface area contributed by atoms with Gasteiger partial charge in [0.05, 0.1) is 39.6 Å². The molecule has 0 radical (unpaired) electrons. The Kier molecular flexibility index (Phi) is 12.4. The van der Waals surface area contributed by atoms with Gasteiger partial charge in [-0.15, -0.1) is 0 Å². The fourth-order valence-corrected chi connectivity index (χ4v) is 6.85. The van der Waals surface area contributed by atoms with E-state index in [1.807, 2.05) is 18.2 Å². The first-order valence-corrected chi connectivity index (χ1v) is 19.1. The van der Waals surface area contributed by atoms with Gasteiger partial charge in [0.2, 0.25) is 0 Å². The highest BCUT2D eigenvalue weighted by molar-refractivity contribution is 6.74. The zero-order chi connectivity index (χ0) is 34.4. The van der Waals surface area contributed by atoms with Crippen LogP contribution in [-0.2, 0) is 20.3 Å². The Bertz CT molecular complexity index is 1450. The number of aliphatic hydroxyl groups excluding tert-OH is 1. The van der Waals surface area contributed by atoms with Crippen LogP contribution in [0.5, 0.6) is 11.5 Å². The summed E-state index contributed by atoms with van der Waals surface area (Å²) in [5, 5.41) is 10.1. The van der Waals surface area contributed by atoms with Gasteiger partial charge in [-0.05, 0) is 89.1 Å². The quantitative estimate of drug-likeness (QED) is 0.173. The van der Waals surface area contributed by atoms with Crippen LogP contribution in [0, 0.1) is 29.4 Å². The topological polar surface area (TPSA) is 66.4 Å². The Hall–Kier alpha value is -3.08. The molecule has 0 spiro atoms. The Morgan fingerprint density at radius 1 is 0.851 bits per heavy atom. The number of aliphatic hydroxyl groups is 1.